The third kappa shape index (κ3) is 3.15. The van der Waals surface area contributed by atoms with Gasteiger partial charge in [-0.25, -0.2) is 4.98 Å². The summed E-state index contributed by atoms with van der Waals surface area (Å²) in [5.41, 5.74) is 1.01. The van der Waals surface area contributed by atoms with Gasteiger partial charge in [0.1, 0.15) is 5.76 Å². The molecule has 2 aromatic heterocycles. The van der Waals surface area contributed by atoms with Crippen molar-refractivity contribution in [3.05, 3.63) is 42.2 Å². The predicted octanol–water partition coefficient (Wildman–Crippen LogP) is 4.06. The van der Waals surface area contributed by atoms with E-state index in [9.17, 15) is 0 Å². The average molecular weight is 296 g/mol. The van der Waals surface area contributed by atoms with Crippen molar-refractivity contribution in [3.8, 4) is 23.1 Å². The molecule has 0 aliphatic rings. The van der Waals surface area contributed by atoms with E-state index >= 15 is 0 Å². The second kappa shape index (κ2) is 6.13. The Morgan fingerprint density at radius 3 is 3.00 bits per heavy atom. The Bertz CT molecular complexity index is 748. The molecule has 0 radical (unpaired) electrons. The van der Waals surface area contributed by atoms with E-state index in [1.165, 1.54) is 4.70 Å². The standard InChI is InChI=1S/C17H16N2OS/c1-3-6-12(2)18-11-13-9-10-15(20-13)17-19-14-7-4-5-8-16(14)21-17/h1,4-5,7-10,12,18H,6,11H2,2H3. The van der Waals surface area contributed by atoms with Gasteiger partial charge >= 0.3 is 0 Å². The van der Waals surface area contributed by atoms with Crippen LogP contribution in [0.1, 0.15) is 19.1 Å². The minimum atomic E-state index is 0.283. The van der Waals surface area contributed by atoms with Crippen molar-refractivity contribution >= 4 is 21.6 Å². The van der Waals surface area contributed by atoms with Crippen LogP contribution >= 0.6 is 11.3 Å². The Morgan fingerprint density at radius 1 is 1.33 bits per heavy atom. The highest BCUT2D eigenvalue weighted by molar-refractivity contribution is 7.21. The first-order valence-electron chi connectivity index (χ1n) is 6.88. The van der Waals surface area contributed by atoms with E-state index in [0.29, 0.717) is 13.0 Å². The number of nitrogens with one attached hydrogen (secondary N) is 1. The molecule has 3 rings (SSSR count). The molecule has 1 atom stereocenters. The highest BCUT2D eigenvalue weighted by Gasteiger charge is 2.10. The van der Waals surface area contributed by atoms with Crippen LogP contribution in [0.15, 0.2) is 40.8 Å². The summed E-state index contributed by atoms with van der Waals surface area (Å²) in [6, 6.07) is 12.3. The minimum Gasteiger partial charge on any atom is -0.457 e. The third-order valence-corrected chi connectivity index (χ3v) is 4.27. The molecule has 1 aromatic carbocycles. The number of para-hydroxylation sites is 1. The van der Waals surface area contributed by atoms with E-state index < -0.39 is 0 Å². The van der Waals surface area contributed by atoms with E-state index in [4.69, 9.17) is 10.8 Å². The molecule has 21 heavy (non-hydrogen) atoms. The van der Waals surface area contributed by atoms with Crippen LogP contribution in [0.2, 0.25) is 0 Å². The monoisotopic (exact) mass is 296 g/mol. The quantitative estimate of drug-likeness (QED) is 0.722. The summed E-state index contributed by atoms with van der Waals surface area (Å²) in [7, 11) is 0. The fraction of sp³-hybridized carbons (Fsp3) is 0.235. The molecule has 0 bridgehead atoms. The molecule has 4 heteroatoms. The van der Waals surface area contributed by atoms with Crippen LogP contribution in [0.5, 0.6) is 0 Å². The van der Waals surface area contributed by atoms with Gasteiger partial charge in [0.15, 0.2) is 10.8 Å². The topological polar surface area (TPSA) is 38.1 Å². The van der Waals surface area contributed by atoms with Crippen LogP contribution in [0.4, 0.5) is 0 Å². The number of fused-ring (bicyclic) bond motifs is 1. The maximum Gasteiger partial charge on any atom is 0.163 e. The first kappa shape index (κ1) is 13.9. The lowest BCUT2D eigenvalue weighted by Gasteiger charge is -2.08. The Kier molecular flexibility index (Phi) is 4.05. The van der Waals surface area contributed by atoms with Crippen LogP contribution in [-0.4, -0.2) is 11.0 Å². The van der Waals surface area contributed by atoms with Crippen LogP contribution < -0.4 is 5.32 Å². The summed E-state index contributed by atoms with van der Waals surface area (Å²) in [4.78, 5) is 4.60. The Balaban J connectivity index is 1.74. The minimum absolute atomic E-state index is 0.283. The van der Waals surface area contributed by atoms with Gasteiger partial charge in [-0.3, -0.25) is 0 Å². The number of hydrogen-bond donors (Lipinski definition) is 1. The van der Waals surface area contributed by atoms with Gasteiger partial charge in [-0.1, -0.05) is 12.1 Å². The normalized spacial score (nSPS) is 12.4. The molecule has 3 aromatic rings. The molecule has 3 nitrogen and oxygen atoms in total. The summed E-state index contributed by atoms with van der Waals surface area (Å²) < 4.78 is 7.03. The zero-order chi connectivity index (χ0) is 14.7. The lowest BCUT2D eigenvalue weighted by Crippen LogP contribution is -2.24. The van der Waals surface area contributed by atoms with Gasteiger partial charge in [-0.2, -0.15) is 0 Å². The summed E-state index contributed by atoms with van der Waals surface area (Å²) in [5.74, 6) is 4.36. The second-order valence-corrected chi connectivity index (χ2v) is 5.97. The van der Waals surface area contributed by atoms with Crippen molar-refractivity contribution in [1.29, 1.82) is 0 Å². The van der Waals surface area contributed by atoms with Crippen molar-refractivity contribution in [2.45, 2.75) is 25.9 Å². The molecule has 0 spiro atoms. The van der Waals surface area contributed by atoms with E-state index in [-0.39, 0.29) is 6.04 Å². The summed E-state index contributed by atoms with van der Waals surface area (Å²) in [6.07, 6.45) is 6.01. The third-order valence-electron chi connectivity index (χ3n) is 3.22. The van der Waals surface area contributed by atoms with Crippen molar-refractivity contribution < 1.29 is 4.42 Å². The number of hydrogen-bond acceptors (Lipinski definition) is 4. The fourth-order valence-corrected chi connectivity index (χ4v) is 3.02. The van der Waals surface area contributed by atoms with Crippen molar-refractivity contribution in [2.24, 2.45) is 0 Å². The summed E-state index contributed by atoms with van der Waals surface area (Å²) in [5, 5.41) is 4.25. The molecule has 0 aliphatic carbocycles. The molecule has 0 aliphatic heterocycles. The molecule has 0 fully saturated rings. The van der Waals surface area contributed by atoms with Gasteiger partial charge < -0.3 is 9.73 Å². The Labute approximate surface area is 128 Å². The summed E-state index contributed by atoms with van der Waals surface area (Å²) >= 11 is 1.64. The van der Waals surface area contributed by atoms with Crippen molar-refractivity contribution in [1.82, 2.24) is 10.3 Å². The highest BCUT2D eigenvalue weighted by atomic mass is 32.1. The highest BCUT2D eigenvalue weighted by Crippen LogP contribution is 2.31. The molecule has 0 amide bonds. The number of nitrogens with zero attached hydrogens (tertiary/aromatic N) is 1. The average Bonchev–Trinajstić information content (AvgIpc) is 3.11. The first-order chi connectivity index (χ1) is 10.3. The molecule has 0 saturated heterocycles. The largest absolute Gasteiger partial charge is 0.457 e. The van der Waals surface area contributed by atoms with Crippen LogP contribution in [-0.2, 0) is 6.54 Å². The van der Waals surface area contributed by atoms with Crippen LogP contribution in [0.25, 0.3) is 21.0 Å². The van der Waals surface area contributed by atoms with Gasteiger partial charge in [0.25, 0.3) is 0 Å². The Morgan fingerprint density at radius 2 is 2.19 bits per heavy atom. The molecule has 106 valence electrons. The smallest absolute Gasteiger partial charge is 0.163 e. The van der Waals surface area contributed by atoms with Gasteiger partial charge in [0.2, 0.25) is 0 Å². The van der Waals surface area contributed by atoms with Crippen LogP contribution in [0, 0.1) is 12.3 Å². The van der Waals surface area contributed by atoms with Gasteiger partial charge in [0, 0.05) is 12.5 Å². The summed E-state index contributed by atoms with van der Waals surface area (Å²) in [6.45, 7) is 2.74. The van der Waals surface area contributed by atoms with E-state index in [0.717, 1.165) is 22.0 Å². The zero-order valence-electron chi connectivity index (χ0n) is 11.8. The number of furan rings is 1. The number of benzene rings is 1. The molecule has 1 N–H and O–H groups in total. The number of thiazole rings is 1. The number of rotatable bonds is 5. The molecule has 0 saturated carbocycles. The predicted molar refractivity (Wildman–Crippen MR) is 87.1 cm³/mol. The maximum atomic E-state index is 5.86. The fourth-order valence-electron chi connectivity index (χ4n) is 2.09. The molecule has 1 unspecified atom stereocenters. The van der Waals surface area contributed by atoms with Gasteiger partial charge in [-0.15, -0.1) is 23.7 Å². The lowest BCUT2D eigenvalue weighted by molar-refractivity contribution is 0.465. The second-order valence-electron chi connectivity index (χ2n) is 4.94. The van der Waals surface area contributed by atoms with Crippen LogP contribution in [0.3, 0.4) is 0 Å². The zero-order valence-corrected chi connectivity index (χ0v) is 12.6. The molecular weight excluding hydrogens is 280 g/mol. The van der Waals surface area contributed by atoms with E-state index in [2.05, 4.69) is 29.2 Å². The lowest BCUT2D eigenvalue weighted by atomic mass is 10.2. The van der Waals surface area contributed by atoms with Gasteiger partial charge in [0.05, 0.1) is 16.8 Å². The number of terminal acetylenes is 1. The van der Waals surface area contributed by atoms with E-state index in [1.54, 1.807) is 11.3 Å². The van der Waals surface area contributed by atoms with Gasteiger partial charge in [-0.05, 0) is 31.2 Å². The van der Waals surface area contributed by atoms with Crippen molar-refractivity contribution in [3.63, 3.8) is 0 Å². The van der Waals surface area contributed by atoms with Crippen molar-refractivity contribution in [2.75, 3.05) is 0 Å². The first-order valence-corrected chi connectivity index (χ1v) is 7.69. The molecular formula is C17H16N2OS. The maximum absolute atomic E-state index is 5.86. The van der Waals surface area contributed by atoms with E-state index in [1.807, 2.05) is 30.3 Å². The molecule has 2 heterocycles. The SMILES string of the molecule is C#CCC(C)NCc1ccc(-c2nc3ccccc3s2)o1. The Hall–Kier alpha value is -2.09. The number of aromatic nitrogens is 1.